The van der Waals surface area contributed by atoms with Crippen LogP contribution in [0, 0.1) is 0 Å². The summed E-state index contributed by atoms with van der Waals surface area (Å²) in [5.41, 5.74) is 6.75. The molecule has 1 atom stereocenters. The fourth-order valence-corrected chi connectivity index (χ4v) is 1.47. The first-order valence-corrected chi connectivity index (χ1v) is 5.36. The van der Waals surface area contributed by atoms with Gasteiger partial charge in [0.05, 0.1) is 18.8 Å². The first kappa shape index (κ1) is 13.5. The summed E-state index contributed by atoms with van der Waals surface area (Å²) in [5, 5.41) is 9.43. The van der Waals surface area contributed by atoms with Crippen molar-refractivity contribution in [2.24, 2.45) is 5.73 Å². The number of carbonyl (C=O) groups excluding carboxylic acids is 1. The highest BCUT2D eigenvalue weighted by Crippen LogP contribution is 2.14. The number of carbonyl (C=O) groups is 1. The molecule has 0 bridgehead atoms. The van der Waals surface area contributed by atoms with Crippen molar-refractivity contribution in [3.8, 4) is 0 Å². The molecule has 0 aliphatic carbocycles. The van der Waals surface area contributed by atoms with Crippen LogP contribution in [0.2, 0.25) is 0 Å². The zero-order chi connectivity index (χ0) is 12.8. The molecule has 0 saturated heterocycles. The van der Waals surface area contributed by atoms with Gasteiger partial charge < -0.3 is 20.5 Å². The first-order chi connectivity index (χ1) is 8.08. The number of nitrogens with zero attached hydrogens (tertiary/aromatic N) is 1. The zero-order valence-corrected chi connectivity index (χ0v) is 10.1. The lowest BCUT2D eigenvalue weighted by atomic mass is 10.2. The molecule has 0 amide bonds. The molecule has 1 aromatic rings. The Balaban J connectivity index is 2.70. The van der Waals surface area contributed by atoms with Crippen molar-refractivity contribution in [1.29, 1.82) is 0 Å². The van der Waals surface area contributed by atoms with Crippen LogP contribution >= 0.6 is 0 Å². The van der Waals surface area contributed by atoms with E-state index >= 15 is 0 Å². The fraction of sp³-hybridized carbons (Fsp3) is 0.417. The van der Waals surface area contributed by atoms with Crippen LogP contribution in [-0.4, -0.2) is 44.4 Å². The number of hydrogen-bond donors (Lipinski definition) is 2. The smallest absolute Gasteiger partial charge is 0.337 e. The van der Waals surface area contributed by atoms with Crippen LogP contribution in [0.4, 0.5) is 5.69 Å². The number of nitrogens with two attached hydrogens (primary N) is 1. The van der Waals surface area contributed by atoms with E-state index in [1.807, 2.05) is 11.9 Å². The van der Waals surface area contributed by atoms with E-state index in [0.717, 1.165) is 5.69 Å². The van der Waals surface area contributed by atoms with Crippen molar-refractivity contribution in [3.05, 3.63) is 29.8 Å². The van der Waals surface area contributed by atoms with Gasteiger partial charge in [-0.15, -0.1) is 0 Å². The van der Waals surface area contributed by atoms with E-state index in [0.29, 0.717) is 12.1 Å². The van der Waals surface area contributed by atoms with Gasteiger partial charge in [-0.05, 0) is 24.3 Å². The van der Waals surface area contributed by atoms with Crippen molar-refractivity contribution < 1.29 is 14.6 Å². The van der Waals surface area contributed by atoms with Gasteiger partial charge in [0.15, 0.2) is 0 Å². The third kappa shape index (κ3) is 3.72. The third-order valence-corrected chi connectivity index (χ3v) is 2.49. The number of methoxy groups -OCH3 is 1. The summed E-state index contributed by atoms with van der Waals surface area (Å²) in [4.78, 5) is 13.1. The van der Waals surface area contributed by atoms with Crippen LogP contribution in [0.1, 0.15) is 10.4 Å². The zero-order valence-electron chi connectivity index (χ0n) is 10.1. The number of ether oxygens (including phenoxy) is 1. The highest BCUT2D eigenvalue weighted by atomic mass is 16.5. The summed E-state index contributed by atoms with van der Waals surface area (Å²) in [6.45, 7) is 0.679. The average molecular weight is 238 g/mol. The normalized spacial score (nSPS) is 12.0. The van der Waals surface area contributed by atoms with Crippen LogP contribution in [0.5, 0.6) is 0 Å². The maximum Gasteiger partial charge on any atom is 0.337 e. The van der Waals surface area contributed by atoms with Gasteiger partial charge in [-0.1, -0.05) is 0 Å². The van der Waals surface area contributed by atoms with Gasteiger partial charge in [0.2, 0.25) is 0 Å². The van der Waals surface area contributed by atoms with Crippen LogP contribution in [0.3, 0.4) is 0 Å². The van der Waals surface area contributed by atoms with Gasteiger partial charge in [0.1, 0.15) is 0 Å². The van der Waals surface area contributed by atoms with Gasteiger partial charge in [0, 0.05) is 25.8 Å². The van der Waals surface area contributed by atoms with Crippen molar-refractivity contribution in [2.45, 2.75) is 6.10 Å². The molecule has 0 fully saturated rings. The van der Waals surface area contributed by atoms with Crippen LogP contribution in [0.25, 0.3) is 0 Å². The minimum absolute atomic E-state index is 0.227. The Kier molecular flexibility index (Phi) is 4.93. The number of hydrogen-bond acceptors (Lipinski definition) is 5. The molecule has 0 aromatic heterocycles. The lowest BCUT2D eigenvalue weighted by Gasteiger charge is -2.22. The van der Waals surface area contributed by atoms with E-state index in [1.54, 1.807) is 24.3 Å². The third-order valence-electron chi connectivity index (χ3n) is 2.49. The van der Waals surface area contributed by atoms with E-state index in [2.05, 4.69) is 4.74 Å². The molecule has 17 heavy (non-hydrogen) atoms. The van der Waals surface area contributed by atoms with E-state index < -0.39 is 6.10 Å². The number of aliphatic hydroxyl groups is 1. The molecule has 0 spiro atoms. The molecule has 0 aliphatic rings. The predicted molar refractivity (Wildman–Crippen MR) is 66.1 cm³/mol. The number of likely N-dealkylation sites (N-methyl/N-ethyl adjacent to an activating group) is 1. The molecule has 1 aromatic carbocycles. The molecule has 0 radical (unpaired) electrons. The maximum atomic E-state index is 11.2. The van der Waals surface area contributed by atoms with E-state index in [-0.39, 0.29) is 12.5 Å². The summed E-state index contributed by atoms with van der Waals surface area (Å²) >= 11 is 0. The molecular weight excluding hydrogens is 220 g/mol. The number of rotatable bonds is 5. The van der Waals surface area contributed by atoms with Gasteiger partial charge in [0.25, 0.3) is 0 Å². The van der Waals surface area contributed by atoms with Crippen molar-refractivity contribution >= 4 is 11.7 Å². The molecule has 1 unspecified atom stereocenters. The van der Waals surface area contributed by atoms with Crippen molar-refractivity contribution in [1.82, 2.24) is 0 Å². The molecule has 5 nitrogen and oxygen atoms in total. The Morgan fingerprint density at radius 3 is 2.53 bits per heavy atom. The Labute approximate surface area is 101 Å². The summed E-state index contributed by atoms with van der Waals surface area (Å²) < 4.78 is 4.61. The first-order valence-electron chi connectivity index (χ1n) is 5.36. The average Bonchev–Trinajstić information content (AvgIpc) is 2.37. The minimum Gasteiger partial charge on any atom is -0.465 e. The molecule has 5 heteroatoms. The molecule has 94 valence electrons. The Morgan fingerprint density at radius 2 is 2.06 bits per heavy atom. The lowest BCUT2D eigenvalue weighted by molar-refractivity contribution is 0.0600. The second-order valence-electron chi connectivity index (χ2n) is 3.81. The molecule has 3 N–H and O–H groups in total. The number of benzene rings is 1. The quantitative estimate of drug-likeness (QED) is 0.718. The summed E-state index contributed by atoms with van der Waals surface area (Å²) in [7, 11) is 3.20. The largest absolute Gasteiger partial charge is 0.465 e. The highest BCUT2D eigenvalue weighted by molar-refractivity contribution is 5.89. The second-order valence-corrected chi connectivity index (χ2v) is 3.81. The summed E-state index contributed by atoms with van der Waals surface area (Å²) in [6.07, 6.45) is -0.555. The summed E-state index contributed by atoms with van der Waals surface area (Å²) in [6, 6.07) is 6.98. The van der Waals surface area contributed by atoms with Crippen molar-refractivity contribution in [2.75, 3.05) is 32.1 Å². The van der Waals surface area contributed by atoms with Gasteiger partial charge in [-0.3, -0.25) is 0 Å². The molecular formula is C12H18N2O3. The SMILES string of the molecule is COC(=O)c1ccc(N(C)CC(O)CN)cc1. The topological polar surface area (TPSA) is 75.8 Å². The van der Waals surface area contributed by atoms with E-state index in [1.165, 1.54) is 7.11 Å². The monoisotopic (exact) mass is 238 g/mol. The number of aliphatic hydroxyl groups excluding tert-OH is 1. The van der Waals surface area contributed by atoms with Crippen molar-refractivity contribution in [3.63, 3.8) is 0 Å². The number of anilines is 1. The van der Waals surface area contributed by atoms with Crippen LogP contribution in [0.15, 0.2) is 24.3 Å². The van der Waals surface area contributed by atoms with Crippen LogP contribution < -0.4 is 10.6 Å². The Morgan fingerprint density at radius 1 is 1.47 bits per heavy atom. The molecule has 0 heterocycles. The van der Waals surface area contributed by atoms with Gasteiger partial charge in [-0.25, -0.2) is 4.79 Å². The second kappa shape index (κ2) is 6.22. The Bertz CT molecular complexity index is 365. The van der Waals surface area contributed by atoms with E-state index in [9.17, 15) is 9.90 Å². The summed E-state index contributed by atoms with van der Waals surface area (Å²) in [5.74, 6) is -0.360. The standard InChI is InChI=1S/C12H18N2O3/c1-14(8-11(15)7-13)10-5-3-9(4-6-10)12(16)17-2/h3-6,11,15H,7-8,13H2,1-2H3. The van der Waals surface area contributed by atoms with Gasteiger partial charge in [-0.2, -0.15) is 0 Å². The van der Waals surface area contributed by atoms with E-state index in [4.69, 9.17) is 5.73 Å². The minimum atomic E-state index is -0.555. The maximum absolute atomic E-state index is 11.2. The molecule has 0 saturated carbocycles. The molecule has 0 aliphatic heterocycles. The lowest BCUT2D eigenvalue weighted by Crippen LogP contribution is -2.34. The fourth-order valence-electron chi connectivity index (χ4n) is 1.47. The van der Waals surface area contributed by atoms with Gasteiger partial charge >= 0.3 is 5.97 Å². The molecule has 1 rings (SSSR count). The highest BCUT2D eigenvalue weighted by Gasteiger charge is 2.09. The Hall–Kier alpha value is -1.59. The predicted octanol–water partition coefficient (Wildman–Crippen LogP) is 0.229. The van der Waals surface area contributed by atoms with Crippen LogP contribution in [-0.2, 0) is 4.74 Å². The number of esters is 1.